The van der Waals surface area contributed by atoms with Gasteiger partial charge in [0.25, 0.3) is 5.91 Å². The summed E-state index contributed by atoms with van der Waals surface area (Å²) in [5, 5.41) is 8.93. The van der Waals surface area contributed by atoms with Gasteiger partial charge in [0.15, 0.2) is 5.76 Å². The average molecular weight is 315 g/mol. The van der Waals surface area contributed by atoms with Gasteiger partial charge in [-0.3, -0.25) is 4.79 Å². The number of amides is 1. The Balaban J connectivity index is 1.82. The third-order valence-electron chi connectivity index (χ3n) is 4.07. The van der Waals surface area contributed by atoms with E-state index >= 15 is 0 Å². The normalized spacial score (nSPS) is 17.3. The molecule has 2 heterocycles. The van der Waals surface area contributed by atoms with Crippen LogP contribution in [-0.2, 0) is 0 Å². The highest BCUT2D eigenvalue weighted by molar-refractivity contribution is 5.95. The van der Waals surface area contributed by atoms with Crippen LogP contribution in [0.25, 0.3) is 0 Å². The first-order chi connectivity index (χ1) is 11.1. The van der Waals surface area contributed by atoms with Crippen LogP contribution in [0.5, 0.6) is 5.75 Å². The number of likely N-dealkylation sites (tertiary alicyclic amines) is 1. The number of carbonyl (C=O) groups is 2. The van der Waals surface area contributed by atoms with Crippen LogP contribution in [0, 0.1) is 0 Å². The molecular formula is C17H17NO5. The van der Waals surface area contributed by atoms with Crippen molar-refractivity contribution in [2.75, 3.05) is 13.7 Å². The van der Waals surface area contributed by atoms with Crippen LogP contribution in [0.4, 0.5) is 0 Å². The van der Waals surface area contributed by atoms with Crippen molar-refractivity contribution in [1.82, 2.24) is 4.90 Å². The van der Waals surface area contributed by atoms with Crippen LogP contribution in [0.3, 0.4) is 0 Å². The van der Waals surface area contributed by atoms with E-state index in [-0.39, 0.29) is 23.3 Å². The van der Waals surface area contributed by atoms with Crippen molar-refractivity contribution in [3.05, 3.63) is 53.5 Å². The first kappa shape index (κ1) is 15.1. The first-order valence-corrected chi connectivity index (χ1v) is 7.37. The van der Waals surface area contributed by atoms with E-state index in [4.69, 9.17) is 14.3 Å². The molecular weight excluding hydrogens is 298 g/mol. The highest BCUT2D eigenvalue weighted by Crippen LogP contribution is 2.34. The molecule has 23 heavy (non-hydrogen) atoms. The molecule has 1 aromatic heterocycles. The summed E-state index contributed by atoms with van der Waals surface area (Å²) in [5.74, 6) is -0.568. The zero-order valence-electron chi connectivity index (χ0n) is 12.7. The molecule has 1 aliphatic rings. The zero-order valence-corrected chi connectivity index (χ0v) is 12.7. The van der Waals surface area contributed by atoms with Crippen molar-refractivity contribution < 1.29 is 23.8 Å². The predicted molar refractivity (Wildman–Crippen MR) is 81.7 cm³/mol. The van der Waals surface area contributed by atoms with E-state index in [2.05, 4.69) is 0 Å². The molecule has 0 bridgehead atoms. The van der Waals surface area contributed by atoms with E-state index in [0.717, 1.165) is 30.4 Å². The molecule has 1 N–H and O–H groups in total. The molecule has 0 spiro atoms. The predicted octanol–water partition coefficient (Wildman–Crippen LogP) is 2.96. The van der Waals surface area contributed by atoms with Gasteiger partial charge in [0.1, 0.15) is 12.0 Å². The molecule has 1 saturated heterocycles. The van der Waals surface area contributed by atoms with Crippen molar-refractivity contribution in [3.63, 3.8) is 0 Å². The molecule has 0 radical (unpaired) electrons. The maximum atomic E-state index is 12.6. The lowest BCUT2D eigenvalue weighted by molar-refractivity contribution is 0.0690. The quantitative estimate of drug-likeness (QED) is 0.938. The van der Waals surface area contributed by atoms with Crippen molar-refractivity contribution >= 4 is 11.9 Å². The minimum absolute atomic E-state index is 0.0199. The minimum Gasteiger partial charge on any atom is -0.497 e. The number of nitrogens with zero attached hydrogens (tertiary/aromatic N) is 1. The molecule has 0 aliphatic carbocycles. The summed E-state index contributed by atoms with van der Waals surface area (Å²) >= 11 is 0. The Morgan fingerprint density at radius 1 is 1.30 bits per heavy atom. The number of ether oxygens (including phenoxy) is 1. The van der Waals surface area contributed by atoms with Gasteiger partial charge in [-0.2, -0.15) is 0 Å². The Morgan fingerprint density at radius 2 is 2.04 bits per heavy atom. The summed E-state index contributed by atoms with van der Waals surface area (Å²) < 4.78 is 10.3. The molecule has 1 atom stereocenters. The number of benzene rings is 1. The molecule has 1 unspecified atom stereocenters. The van der Waals surface area contributed by atoms with Gasteiger partial charge in [-0.05, 0) is 30.5 Å². The number of hydrogen-bond acceptors (Lipinski definition) is 4. The Morgan fingerprint density at radius 3 is 2.65 bits per heavy atom. The fourth-order valence-corrected chi connectivity index (χ4v) is 2.88. The summed E-state index contributed by atoms with van der Waals surface area (Å²) in [6.45, 7) is 0.624. The number of rotatable bonds is 4. The van der Waals surface area contributed by atoms with Crippen molar-refractivity contribution in [2.24, 2.45) is 0 Å². The smallest absolute Gasteiger partial charge is 0.338 e. The molecule has 2 aromatic rings. The summed E-state index contributed by atoms with van der Waals surface area (Å²) in [5.41, 5.74) is 1.01. The lowest BCUT2D eigenvalue weighted by Gasteiger charge is -2.24. The van der Waals surface area contributed by atoms with E-state index in [1.807, 2.05) is 24.3 Å². The van der Waals surface area contributed by atoms with Crippen LogP contribution in [0.1, 0.15) is 45.4 Å². The molecule has 6 nitrogen and oxygen atoms in total. The van der Waals surface area contributed by atoms with E-state index in [0.29, 0.717) is 6.54 Å². The van der Waals surface area contributed by atoms with Crippen LogP contribution in [0.15, 0.2) is 41.0 Å². The third kappa shape index (κ3) is 2.92. The number of furan rings is 1. The van der Waals surface area contributed by atoms with Crippen LogP contribution < -0.4 is 4.74 Å². The Labute approximate surface area is 133 Å². The summed E-state index contributed by atoms with van der Waals surface area (Å²) in [6, 6.07) is 8.86. The second-order valence-electron chi connectivity index (χ2n) is 5.43. The standard InChI is InChI=1S/C17H17NO5/c1-22-13-6-4-11(5-7-13)14-3-2-8-18(14)16(19)15-9-12(10-23-15)17(20)21/h4-7,9-10,14H,2-3,8H2,1H3,(H,20,21). The molecule has 1 aliphatic heterocycles. The van der Waals surface area contributed by atoms with Crippen LogP contribution >= 0.6 is 0 Å². The second-order valence-corrected chi connectivity index (χ2v) is 5.43. The van der Waals surface area contributed by atoms with Crippen LogP contribution in [0.2, 0.25) is 0 Å². The van der Waals surface area contributed by atoms with E-state index in [1.165, 1.54) is 6.07 Å². The molecule has 3 rings (SSSR count). The lowest BCUT2D eigenvalue weighted by Crippen LogP contribution is -2.30. The topological polar surface area (TPSA) is 80.0 Å². The number of carbonyl (C=O) groups excluding carboxylic acids is 1. The fraction of sp³-hybridized carbons (Fsp3) is 0.294. The summed E-state index contributed by atoms with van der Waals surface area (Å²) in [4.78, 5) is 25.2. The van der Waals surface area contributed by atoms with Crippen molar-refractivity contribution in [3.8, 4) is 5.75 Å². The van der Waals surface area contributed by atoms with Gasteiger partial charge in [-0.15, -0.1) is 0 Å². The van der Waals surface area contributed by atoms with Crippen molar-refractivity contribution in [2.45, 2.75) is 18.9 Å². The highest BCUT2D eigenvalue weighted by Gasteiger charge is 2.32. The lowest BCUT2D eigenvalue weighted by atomic mass is 10.0. The minimum atomic E-state index is -1.11. The summed E-state index contributed by atoms with van der Waals surface area (Å²) in [7, 11) is 1.61. The van der Waals surface area contributed by atoms with E-state index in [1.54, 1.807) is 12.0 Å². The molecule has 1 aromatic carbocycles. The van der Waals surface area contributed by atoms with Gasteiger partial charge in [0.05, 0.1) is 18.7 Å². The Kier molecular flexibility index (Phi) is 4.06. The van der Waals surface area contributed by atoms with Gasteiger partial charge in [0.2, 0.25) is 0 Å². The first-order valence-electron chi connectivity index (χ1n) is 7.37. The Bertz CT molecular complexity index is 719. The average Bonchev–Trinajstić information content (AvgIpc) is 3.23. The van der Waals surface area contributed by atoms with E-state index in [9.17, 15) is 9.59 Å². The number of carboxylic acid groups (broad SMARTS) is 1. The number of aromatic carboxylic acids is 1. The van der Waals surface area contributed by atoms with E-state index < -0.39 is 5.97 Å². The molecule has 1 fully saturated rings. The molecule has 120 valence electrons. The van der Waals surface area contributed by atoms with Gasteiger partial charge in [-0.1, -0.05) is 12.1 Å². The van der Waals surface area contributed by atoms with Gasteiger partial charge >= 0.3 is 5.97 Å². The van der Waals surface area contributed by atoms with Crippen LogP contribution in [-0.4, -0.2) is 35.5 Å². The number of hydrogen-bond donors (Lipinski definition) is 1. The maximum Gasteiger partial charge on any atom is 0.338 e. The number of methoxy groups -OCH3 is 1. The Hall–Kier alpha value is -2.76. The fourth-order valence-electron chi connectivity index (χ4n) is 2.88. The van der Waals surface area contributed by atoms with Gasteiger partial charge in [-0.25, -0.2) is 4.79 Å². The molecule has 6 heteroatoms. The van der Waals surface area contributed by atoms with Crippen molar-refractivity contribution in [1.29, 1.82) is 0 Å². The largest absolute Gasteiger partial charge is 0.497 e. The highest BCUT2D eigenvalue weighted by atomic mass is 16.5. The monoisotopic (exact) mass is 315 g/mol. The third-order valence-corrected chi connectivity index (χ3v) is 4.07. The second kappa shape index (κ2) is 6.16. The van der Waals surface area contributed by atoms with Gasteiger partial charge in [0, 0.05) is 12.6 Å². The SMILES string of the molecule is COc1ccc(C2CCCN2C(=O)c2cc(C(=O)O)co2)cc1. The molecule has 0 saturated carbocycles. The molecule has 1 amide bonds. The zero-order chi connectivity index (χ0) is 16.4. The maximum absolute atomic E-state index is 12.6. The summed E-state index contributed by atoms with van der Waals surface area (Å²) in [6.07, 6.45) is 2.85. The van der Waals surface area contributed by atoms with Gasteiger partial charge < -0.3 is 19.2 Å². The number of carboxylic acids is 1.